The molecular formula is C10H17N3. The van der Waals surface area contributed by atoms with Crippen LogP contribution in [0.1, 0.15) is 32.0 Å². The van der Waals surface area contributed by atoms with Gasteiger partial charge in [0.15, 0.2) is 0 Å². The van der Waals surface area contributed by atoms with Gasteiger partial charge < -0.3 is 10.3 Å². The minimum Gasteiger partial charge on any atom is -0.348 e. The standard InChI is InChI=1S/C10H17N3/c1-8(6-9-2-3-9)13-7-10-11-4-5-12-10/h4-5,8-9,13H,2-3,6-7H2,1H3,(H,11,12). The third-order valence-electron chi connectivity index (χ3n) is 2.56. The maximum atomic E-state index is 4.16. The van der Waals surface area contributed by atoms with Gasteiger partial charge in [0, 0.05) is 18.4 Å². The Morgan fingerprint density at radius 1 is 1.69 bits per heavy atom. The van der Waals surface area contributed by atoms with Crippen LogP contribution >= 0.6 is 0 Å². The molecule has 0 saturated heterocycles. The predicted octanol–water partition coefficient (Wildman–Crippen LogP) is 1.69. The van der Waals surface area contributed by atoms with Crippen LogP contribution in [0.3, 0.4) is 0 Å². The van der Waals surface area contributed by atoms with E-state index in [-0.39, 0.29) is 0 Å². The Hall–Kier alpha value is -0.830. The molecule has 0 spiro atoms. The number of aromatic nitrogens is 2. The van der Waals surface area contributed by atoms with Gasteiger partial charge in [0.2, 0.25) is 0 Å². The Morgan fingerprint density at radius 3 is 3.15 bits per heavy atom. The van der Waals surface area contributed by atoms with Crippen LogP contribution in [-0.4, -0.2) is 16.0 Å². The number of H-pyrrole nitrogens is 1. The van der Waals surface area contributed by atoms with Gasteiger partial charge in [-0.25, -0.2) is 4.98 Å². The summed E-state index contributed by atoms with van der Waals surface area (Å²) in [6.07, 6.45) is 7.85. The number of rotatable bonds is 5. The van der Waals surface area contributed by atoms with Gasteiger partial charge in [0.1, 0.15) is 5.82 Å². The molecule has 3 heteroatoms. The molecule has 1 saturated carbocycles. The smallest absolute Gasteiger partial charge is 0.120 e. The Bertz CT molecular complexity index is 239. The lowest BCUT2D eigenvalue weighted by molar-refractivity contribution is 0.481. The molecule has 72 valence electrons. The van der Waals surface area contributed by atoms with Crippen LogP contribution in [0.2, 0.25) is 0 Å². The van der Waals surface area contributed by atoms with Crippen molar-refractivity contribution in [2.75, 3.05) is 0 Å². The van der Waals surface area contributed by atoms with Crippen LogP contribution in [0.15, 0.2) is 12.4 Å². The molecule has 2 rings (SSSR count). The van der Waals surface area contributed by atoms with Gasteiger partial charge in [-0.15, -0.1) is 0 Å². The summed E-state index contributed by atoms with van der Waals surface area (Å²) >= 11 is 0. The van der Waals surface area contributed by atoms with Gasteiger partial charge in [-0.05, 0) is 19.3 Å². The average Bonchev–Trinajstić information content (AvgIpc) is 2.78. The van der Waals surface area contributed by atoms with Crippen LogP contribution in [0.4, 0.5) is 0 Å². The zero-order valence-corrected chi connectivity index (χ0v) is 8.09. The lowest BCUT2D eigenvalue weighted by atomic mass is 10.1. The summed E-state index contributed by atoms with van der Waals surface area (Å²) in [4.78, 5) is 7.25. The molecule has 1 aliphatic rings. The molecule has 0 bridgehead atoms. The van der Waals surface area contributed by atoms with E-state index in [2.05, 4.69) is 22.2 Å². The van der Waals surface area contributed by atoms with Crippen molar-refractivity contribution in [3.8, 4) is 0 Å². The van der Waals surface area contributed by atoms with E-state index >= 15 is 0 Å². The van der Waals surface area contributed by atoms with E-state index in [1.165, 1.54) is 19.3 Å². The molecule has 3 nitrogen and oxygen atoms in total. The van der Waals surface area contributed by atoms with E-state index in [1.54, 1.807) is 6.20 Å². The van der Waals surface area contributed by atoms with Crippen molar-refractivity contribution in [3.05, 3.63) is 18.2 Å². The molecule has 1 aromatic rings. The molecular weight excluding hydrogens is 162 g/mol. The number of aromatic amines is 1. The van der Waals surface area contributed by atoms with E-state index in [9.17, 15) is 0 Å². The summed E-state index contributed by atoms with van der Waals surface area (Å²) in [6.45, 7) is 3.11. The maximum Gasteiger partial charge on any atom is 0.120 e. The number of hydrogen-bond acceptors (Lipinski definition) is 2. The van der Waals surface area contributed by atoms with Gasteiger partial charge in [-0.1, -0.05) is 12.8 Å². The minimum absolute atomic E-state index is 0.623. The fourth-order valence-corrected chi connectivity index (χ4v) is 1.60. The van der Waals surface area contributed by atoms with Gasteiger partial charge in [0.05, 0.1) is 6.54 Å². The van der Waals surface area contributed by atoms with Crippen LogP contribution in [0.5, 0.6) is 0 Å². The Balaban J connectivity index is 1.66. The Morgan fingerprint density at radius 2 is 2.54 bits per heavy atom. The highest BCUT2D eigenvalue weighted by Crippen LogP contribution is 2.33. The van der Waals surface area contributed by atoms with Gasteiger partial charge in [-0.2, -0.15) is 0 Å². The highest BCUT2D eigenvalue weighted by atomic mass is 15.0. The maximum absolute atomic E-state index is 4.16. The van der Waals surface area contributed by atoms with Crippen molar-refractivity contribution in [2.45, 2.75) is 38.8 Å². The molecule has 1 fully saturated rings. The third-order valence-corrected chi connectivity index (χ3v) is 2.56. The van der Waals surface area contributed by atoms with Gasteiger partial charge >= 0.3 is 0 Å². The summed E-state index contributed by atoms with van der Waals surface area (Å²) in [6, 6.07) is 0.623. The highest BCUT2D eigenvalue weighted by molar-refractivity contribution is 4.87. The van der Waals surface area contributed by atoms with Crippen molar-refractivity contribution >= 4 is 0 Å². The topological polar surface area (TPSA) is 40.7 Å². The summed E-state index contributed by atoms with van der Waals surface area (Å²) < 4.78 is 0. The van der Waals surface area contributed by atoms with Crippen LogP contribution in [0.25, 0.3) is 0 Å². The Labute approximate surface area is 79.0 Å². The molecule has 13 heavy (non-hydrogen) atoms. The van der Waals surface area contributed by atoms with E-state index in [1.807, 2.05) is 6.20 Å². The second-order valence-electron chi connectivity index (χ2n) is 4.00. The first kappa shape index (κ1) is 8.75. The molecule has 1 unspecified atom stereocenters. The number of hydrogen-bond donors (Lipinski definition) is 2. The van der Waals surface area contributed by atoms with Crippen molar-refractivity contribution in [1.29, 1.82) is 0 Å². The molecule has 2 N–H and O–H groups in total. The van der Waals surface area contributed by atoms with Crippen LogP contribution in [-0.2, 0) is 6.54 Å². The molecule has 0 aliphatic heterocycles. The van der Waals surface area contributed by atoms with Crippen molar-refractivity contribution < 1.29 is 0 Å². The van der Waals surface area contributed by atoms with Crippen LogP contribution in [0, 0.1) is 5.92 Å². The fraction of sp³-hybridized carbons (Fsp3) is 0.700. The number of imidazole rings is 1. The molecule has 0 amide bonds. The van der Waals surface area contributed by atoms with Crippen LogP contribution < -0.4 is 5.32 Å². The van der Waals surface area contributed by atoms with Gasteiger partial charge in [0.25, 0.3) is 0 Å². The summed E-state index contributed by atoms with van der Waals surface area (Å²) in [5.41, 5.74) is 0. The second kappa shape index (κ2) is 3.92. The lowest BCUT2D eigenvalue weighted by Gasteiger charge is -2.11. The first-order valence-electron chi connectivity index (χ1n) is 5.06. The predicted molar refractivity (Wildman–Crippen MR) is 52.2 cm³/mol. The number of nitrogens with zero attached hydrogens (tertiary/aromatic N) is 1. The van der Waals surface area contributed by atoms with E-state index in [0.717, 1.165) is 18.3 Å². The zero-order valence-electron chi connectivity index (χ0n) is 8.09. The first-order valence-corrected chi connectivity index (χ1v) is 5.06. The van der Waals surface area contributed by atoms with Gasteiger partial charge in [-0.3, -0.25) is 0 Å². The van der Waals surface area contributed by atoms with E-state index < -0.39 is 0 Å². The molecule has 1 aliphatic carbocycles. The monoisotopic (exact) mass is 179 g/mol. The molecule has 1 atom stereocenters. The molecule has 1 heterocycles. The first-order chi connectivity index (χ1) is 6.34. The number of nitrogens with one attached hydrogen (secondary N) is 2. The third kappa shape index (κ3) is 2.84. The fourth-order valence-electron chi connectivity index (χ4n) is 1.60. The second-order valence-corrected chi connectivity index (χ2v) is 4.00. The zero-order chi connectivity index (χ0) is 9.10. The summed E-state index contributed by atoms with van der Waals surface area (Å²) in [5.74, 6) is 2.03. The SMILES string of the molecule is CC(CC1CC1)NCc1ncc[nH]1. The molecule has 0 radical (unpaired) electrons. The normalized spacial score (nSPS) is 18.8. The molecule has 0 aromatic carbocycles. The average molecular weight is 179 g/mol. The van der Waals surface area contributed by atoms with Crippen molar-refractivity contribution in [3.63, 3.8) is 0 Å². The summed E-state index contributed by atoms with van der Waals surface area (Å²) in [5, 5.41) is 3.46. The lowest BCUT2D eigenvalue weighted by Crippen LogP contribution is -2.26. The minimum atomic E-state index is 0.623. The summed E-state index contributed by atoms with van der Waals surface area (Å²) in [7, 11) is 0. The quantitative estimate of drug-likeness (QED) is 0.722. The van der Waals surface area contributed by atoms with E-state index in [0.29, 0.717) is 6.04 Å². The van der Waals surface area contributed by atoms with Crippen molar-refractivity contribution in [1.82, 2.24) is 15.3 Å². The molecule has 1 aromatic heterocycles. The van der Waals surface area contributed by atoms with E-state index in [4.69, 9.17) is 0 Å². The largest absolute Gasteiger partial charge is 0.348 e. The highest BCUT2D eigenvalue weighted by Gasteiger charge is 2.23. The van der Waals surface area contributed by atoms with Crippen molar-refractivity contribution in [2.24, 2.45) is 5.92 Å². The Kier molecular flexibility index (Phi) is 2.64.